The first-order valence-electron chi connectivity index (χ1n) is 5.05. The van der Waals surface area contributed by atoms with Crippen molar-refractivity contribution >= 4 is 5.71 Å². The lowest BCUT2D eigenvalue weighted by atomic mass is 9.94. The first-order valence-corrected chi connectivity index (χ1v) is 5.05. The Hall–Kier alpha value is -0.530. The van der Waals surface area contributed by atoms with Crippen LogP contribution in [0.2, 0.25) is 0 Å². The normalized spacial score (nSPS) is 16.2. The van der Waals surface area contributed by atoms with Gasteiger partial charge in [0.2, 0.25) is 0 Å². The molecule has 0 spiro atoms. The van der Waals surface area contributed by atoms with E-state index in [0.717, 1.165) is 0 Å². The predicted molar refractivity (Wildman–Crippen MR) is 60.0 cm³/mol. The van der Waals surface area contributed by atoms with Crippen molar-refractivity contribution in [1.29, 1.82) is 0 Å². The van der Waals surface area contributed by atoms with Crippen molar-refractivity contribution in [1.82, 2.24) is 5.43 Å². The number of nitrogens with one attached hydrogen (secondary N) is 1. The Morgan fingerprint density at radius 2 is 1.62 bits per heavy atom. The number of hydrazone groups is 1. The Bertz CT molecular complexity index is 175. The molecule has 1 N–H and O–H groups in total. The van der Waals surface area contributed by atoms with Gasteiger partial charge in [0.25, 0.3) is 0 Å². The molecule has 0 aromatic heterocycles. The standard InChI is InChI=1S/C11H24N2/c1-8(2)9(3)10(4)12-13-11(5,6)7/h8-9,13H,1-7H3/t9-/m0/s1. The van der Waals surface area contributed by atoms with Crippen LogP contribution in [-0.2, 0) is 0 Å². The third kappa shape index (κ3) is 5.67. The second-order valence-electron chi connectivity index (χ2n) is 5.15. The largest absolute Gasteiger partial charge is 0.305 e. The zero-order chi connectivity index (χ0) is 10.6. The lowest BCUT2D eigenvalue weighted by Gasteiger charge is -2.21. The number of hydrogen-bond donors (Lipinski definition) is 1. The number of rotatable bonds is 3. The molecule has 0 amide bonds. The molecule has 0 radical (unpaired) electrons. The monoisotopic (exact) mass is 184 g/mol. The van der Waals surface area contributed by atoms with Crippen LogP contribution in [0.3, 0.4) is 0 Å². The SMILES string of the molecule is CC(=NNC(C)(C)C)[C@@H](C)C(C)C. The summed E-state index contributed by atoms with van der Waals surface area (Å²) < 4.78 is 0. The Morgan fingerprint density at radius 3 is 1.92 bits per heavy atom. The van der Waals surface area contributed by atoms with Crippen LogP contribution < -0.4 is 5.43 Å². The van der Waals surface area contributed by atoms with Crippen molar-refractivity contribution in [2.45, 2.75) is 54.0 Å². The van der Waals surface area contributed by atoms with Gasteiger partial charge >= 0.3 is 0 Å². The van der Waals surface area contributed by atoms with Crippen molar-refractivity contribution in [2.75, 3.05) is 0 Å². The second kappa shape index (κ2) is 4.64. The highest BCUT2D eigenvalue weighted by Crippen LogP contribution is 2.11. The first kappa shape index (κ1) is 12.5. The third-order valence-electron chi connectivity index (χ3n) is 2.23. The van der Waals surface area contributed by atoms with Gasteiger partial charge in [-0.25, -0.2) is 0 Å². The molecule has 0 bridgehead atoms. The molecule has 0 rings (SSSR count). The van der Waals surface area contributed by atoms with Gasteiger partial charge in [0.1, 0.15) is 0 Å². The maximum atomic E-state index is 4.38. The summed E-state index contributed by atoms with van der Waals surface area (Å²) in [5, 5.41) is 4.38. The molecule has 0 unspecified atom stereocenters. The van der Waals surface area contributed by atoms with Gasteiger partial charge in [-0.3, -0.25) is 0 Å². The summed E-state index contributed by atoms with van der Waals surface area (Å²) >= 11 is 0. The van der Waals surface area contributed by atoms with E-state index in [1.165, 1.54) is 5.71 Å². The van der Waals surface area contributed by atoms with E-state index in [9.17, 15) is 0 Å². The van der Waals surface area contributed by atoms with Crippen LogP contribution in [0, 0.1) is 11.8 Å². The van der Waals surface area contributed by atoms with Crippen LogP contribution in [0.15, 0.2) is 5.10 Å². The van der Waals surface area contributed by atoms with Crippen molar-refractivity contribution in [3.63, 3.8) is 0 Å². The smallest absolute Gasteiger partial charge is 0.0464 e. The minimum Gasteiger partial charge on any atom is -0.305 e. The average Bonchev–Trinajstić information content (AvgIpc) is 1.97. The molecule has 0 aromatic rings. The van der Waals surface area contributed by atoms with Crippen molar-refractivity contribution in [2.24, 2.45) is 16.9 Å². The number of nitrogens with zero attached hydrogens (tertiary/aromatic N) is 1. The van der Waals surface area contributed by atoms with Gasteiger partial charge in [-0.05, 0) is 39.5 Å². The van der Waals surface area contributed by atoms with E-state index in [0.29, 0.717) is 11.8 Å². The van der Waals surface area contributed by atoms with E-state index < -0.39 is 0 Å². The lowest BCUT2D eigenvalue weighted by Crippen LogP contribution is -2.33. The topological polar surface area (TPSA) is 24.4 Å². The van der Waals surface area contributed by atoms with Crippen LogP contribution in [0.25, 0.3) is 0 Å². The Morgan fingerprint density at radius 1 is 1.15 bits per heavy atom. The second-order valence-corrected chi connectivity index (χ2v) is 5.15. The van der Waals surface area contributed by atoms with Crippen LogP contribution in [0.1, 0.15) is 48.5 Å². The fraction of sp³-hybridized carbons (Fsp3) is 0.909. The molecule has 1 atom stereocenters. The molecular formula is C11H24N2. The molecule has 0 aromatic carbocycles. The summed E-state index contributed by atoms with van der Waals surface area (Å²) in [6.45, 7) is 15.1. The summed E-state index contributed by atoms with van der Waals surface area (Å²) in [5.41, 5.74) is 4.40. The molecule has 2 nitrogen and oxygen atoms in total. The van der Waals surface area contributed by atoms with Gasteiger partial charge in [0.15, 0.2) is 0 Å². The van der Waals surface area contributed by atoms with Crippen LogP contribution in [0.4, 0.5) is 0 Å². The zero-order valence-corrected chi connectivity index (χ0v) is 10.1. The molecule has 0 fully saturated rings. The van der Waals surface area contributed by atoms with Gasteiger partial charge in [-0.1, -0.05) is 20.8 Å². The van der Waals surface area contributed by atoms with Crippen molar-refractivity contribution < 1.29 is 0 Å². The fourth-order valence-electron chi connectivity index (χ4n) is 0.840. The highest BCUT2D eigenvalue weighted by atomic mass is 15.3. The maximum Gasteiger partial charge on any atom is 0.0464 e. The van der Waals surface area contributed by atoms with Gasteiger partial charge in [-0.2, -0.15) is 5.10 Å². The predicted octanol–water partition coefficient (Wildman–Crippen LogP) is 3.04. The van der Waals surface area contributed by atoms with Gasteiger partial charge in [0.05, 0.1) is 0 Å². The van der Waals surface area contributed by atoms with Crippen molar-refractivity contribution in [3.05, 3.63) is 0 Å². The molecule has 0 saturated heterocycles. The number of hydrogen-bond acceptors (Lipinski definition) is 2. The van der Waals surface area contributed by atoms with Crippen molar-refractivity contribution in [3.8, 4) is 0 Å². The molecule has 0 aliphatic rings. The molecule has 0 aliphatic heterocycles. The molecule has 78 valence electrons. The molecule has 0 aliphatic carbocycles. The zero-order valence-electron chi connectivity index (χ0n) is 10.1. The van der Waals surface area contributed by atoms with E-state index >= 15 is 0 Å². The van der Waals surface area contributed by atoms with Gasteiger partial charge in [0, 0.05) is 11.3 Å². The highest BCUT2D eigenvalue weighted by Gasteiger charge is 2.12. The Labute approximate surface area is 82.8 Å². The fourth-order valence-corrected chi connectivity index (χ4v) is 0.840. The molecule has 2 heteroatoms. The Balaban J connectivity index is 4.17. The van der Waals surface area contributed by atoms with Crippen LogP contribution in [-0.4, -0.2) is 11.3 Å². The molecule has 0 saturated carbocycles. The summed E-state index contributed by atoms with van der Waals surface area (Å²) in [6, 6.07) is 0. The average molecular weight is 184 g/mol. The van der Waals surface area contributed by atoms with E-state index in [4.69, 9.17) is 0 Å². The van der Waals surface area contributed by atoms with Gasteiger partial charge < -0.3 is 5.43 Å². The third-order valence-corrected chi connectivity index (χ3v) is 2.23. The minimum absolute atomic E-state index is 0.0674. The summed E-state index contributed by atoms with van der Waals surface area (Å²) in [6.07, 6.45) is 0. The summed E-state index contributed by atoms with van der Waals surface area (Å²) in [5.74, 6) is 1.21. The summed E-state index contributed by atoms with van der Waals surface area (Å²) in [4.78, 5) is 0. The lowest BCUT2D eigenvalue weighted by molar-refractivity contribution is 0.434. The molecular weight excluding hydrogens is 160 g/mol. The van der Waals surface area contributed by atoms with E-state index in [1.807, 2.05) is 0 Å². The minimum atomic E-state index is 0.0674. The molecule has 13 heavy (non-hydrogen) atoms. The van der Waals surface area contributed by atoms with Crippen LogP contribution >= 0.6 is 0 Å². The highest BCUT2D eigenvalue weighted by molar-refractivity contribution is 5.84. The quantitative estimate of drug-likeness (QED) is 0.529. The van der Waals surface area contributed by atoms with E-state index in [1.54, 1.807) is 0 Å². The van der Waals surface area contributed by atoms with E-state index in [2.05, 4.69) is 59.0 Å². The first-order chi connectivity index (χ1) is 5.74. The molecule has 0 heterocycles. The van der Waals surface area contributed by atoms with Crippen LogP contribution in [0.5, 0.6) is 0 Å². The summed E-state index contributed by atoms with van der Waals surface area (Å²) in [7, 11) is 0. The Kier molecular flexibility index (Phi) is 4.45. The maximum absolute atomic E-state index is 4.38. The van der Waals surface area contributed by atoms with Gasteiger partial charge in [-0.15, -0.1) is 0 Å². The van der Waals surface area contributed by atoms with E-state index in [-0.39, 0.29) is 5.54 Å².